The van der Waals surface area contributed by atoms with Crippen LogP contribution in [0.4, 0.5) is 4.79 Å². The molecule has 3 nitrogen and oxygen atoms in total. The molecule has 0 fully saturated rings. The second kappa shape index (κ2) is 15.6. The van der Waals surface area contributed by atoms with Gasteiger partial charge in [0.05, 0.1) is 0 Å². The van der Waals surface area contributed by atoms with E-state index in [1.165, 1.54) is 0 Å². The van der Waals surface area contributed by atoms with Crippen molar-refractivity contribution in [2.75, 3.05) is 0 Å². The summed E-state index contributed by atoms with van der Waals surface area (Å²) in [5.74, 6) is 0. The fourth-order valence-electron chi connectivity index (χ4n) is 0. The molecule has 0 spiro atoms. The maximum Gasteiger partial charge on any atom is 0.503 e. The predicted octanol–water partition coefficient (Wildman–Crippen LogP) is 0.835. The van der Waals surface area contributed by atoms with Crippen LogP contribution < -0.4 is 0 Å². The quantitative estimate of drug-likeness (QED) is 0.464. The summed E-state index contributed by atoms with van der Waals surface area (Å²) in [5.41, 5.74) is 0. The van der Waals surface area contributed by atoms with Gasteiger partial charge in [-0.05, 0) is 0 Å². The third-order valence-electron chi connectivity index (χ3n) is 0. The van der Waals surface area contributed by atoms with Gasteiger partial charge in [0.15, 0.2) is 0 Å². The molecule has 0 atom stereocenters. The summed E-state index contributed by atoms with van der Waals surface area (Å²) in [4.78, 5) is 8.56. The number of rotatable bonds is 0. The van der Waals surface area contributed by atoms with Crippen molar-refractivity contribution in [1.29, 1.82) is 0 Å². The van der Waals surface area contributed by atoms with Crippen LogP contribution in [0.15, 0.2) is 0 Å². The van der Waals surface area contributed by atoms with Crippen LogP contribution in [0.5, 0.6) is 0 Å². The van der Waals surface area contributed by atoms with Crippen molar-refractivity contribution in [3.63, 3.8) is 0 Å². The molecule has 6 heteroatoms. The van der Waals surface area contributed by atoms with Crippen LogP contribution >= 0.6 is 24.0 Å². The minimum Gasteiger partial charge on any atom is -0.450 e. The van der Waals surface area contributed by atoms with Gasteiger partial charge < -0.3 is 10.2 Å². The third-order valence-corrected chi connectivity index (χ3v) is 0. The zero-order valence-electron chi connectivity index (χ0n) is 2.81. The Hall–Kier alpha value is 1.48. The van der Waals surface area contributed by atoms with E-state index >= 15 is 0 Å². The van der Waals surface area contributed by atoms with Crippen LogP contribution in [0.2, 0.25) is 0 Å². The average Bonchev–Trinajstić information content (AvgIpc) is 0.811. The second-order valence-electron chi connectivity index (χ2n) is 0.283. The van der Waals surface area contributed by atoms with Crippen molar-refractivity contribution in [3.8, 4) is 0 Å². The molecule has 54 valence electrons. The van der Waals surface area contributed by atoms with Gasteiger partial charge in [0.1, 0.15) is 0 Å². The summed E-state index contributed by atoms with van der Waals surface area (Å²) in [6.07, 6.45) is -1.83. The van der Waals surface area contributed by atoms with Crippen LogP contribution in [0.1, 0.15) is 0 Å². The maximum atomic E-state index is 8.56. The topological polar surface area (TPSA) is 57.5 Å². The molecule has 0 aliphatic carbocycles. The van der Waals surface area contributed by atoms with Crippen molar-refractivity contribution in [1.82, 2.24) is 0 Å². The van der Waals surface area contributed by atoms with Crippen LogP contribution in [-0.4, -0.2) is 16.4 Å². The fraction of sp³-hybridized carbons (Fsp3) is 0. The second-order valence-corrected chi connectivity index (χ2v) is 0.283. The van der Waals surface area contributed by atoms with Gasteiger partial charge >= 0.3 is 6.16 Å². The molecule has 0 unspecified atom stereocenters. The largest absolute Gasteiger partial charge is 0.503 e. The van der Waals surface area contributed by atoms with Gasteiger partial charge in [0, 0.05) is 44.8 Å². The molecule has 0 aromatic rings. The van der Waals surface area contributed by atoms with Gasteiger partial charge in [-0.1, -0.05) is 0 Å². The Kier molecular flexibility index (Phi) is 52.8. The van der Waals surface area contributed by atoms with E-state index in [0.717, 1.165) is 0 Å². The molecule has 0 aromatic carbocycles. The third kappa shape index (κ3) is 103. The first kappa shape index (κ1) is 23.6. The van der Waals surface area contributed by atoms with Crippen molar-refractivity contribution < 1.29 is 59.8 Å². The van der Waals surface area contributed by atoms with Crippen molar-refractivity contribution in [2.45, 2.75) is 0 Å². The number of carbonyl (C=O) groups is 1. The molecule has 0 saturated carbocycles. The van der Waals surface area contributed by atoms with E-state index in [2.05, 4.69) is 0 Å². The molecule has 0 bridgehead atoms. The van der Waals surface area contributed by atoms with Crippen molar-refractivity contribution >= 4 is 30.1 Å². The smallest absolute Gasteiger partial charge is 0.450 e. The minimum atomic E-state index is -1.83. The summed E-state index contributed by atoms with van der Waals surface area (Å²) in [6.45, 7) is 0. The van der Waals surface area contributed by atoms with Crippen LogP contribution in [0.3, 0.4) is 0 Å². The Balaban J connectivity index is -0.0000000150. The first-order valence-electron chi connectivity index (χ1n) is 0.651. The van der Waals surface area contributed by atoms with Gasteiger partial charge in [0.2, 0.25) is 0 Å². The molecule has 0 heterocycles. The van der Waals surface area contributed by atoms with Crippen molar-refractivity contribution in [3.05, 3.63) is 0 Å². The van der Waals surface area contributed by atoms with Gasteiger partial charge in [-0.2, -0.15) is 0 Å². The average molecular weight is 406 g/mol. The minimum absolute atomic E-state index is 0. The van der Waals surface area contributed by atoms with E-state index < -0.39 is 6.16 Å². The maximum absolute atomic E-state index is 8.56. The normalized spacial score (nSPS) is 3.43. The molecule has 0 rings (SSSR count). The first-order chi connectivity index (χ1) is 1.73. The summed E-state index contributed by atoms with van der Waals surface area (Å²) >= 11 is 0. The van der Waals surface area contributed by atoms with Gasteiger partial charge in [-0.15, -0.1) is 24.0 Å². The molecular formula is CH3Ag2IO3. The molecular weight excluding hydrogens is 403 g/mol. The van der Waals surface area contributed by atoms with E-state index in [4.69, 9.17) is 15.0 Å². The molecule has 2 N–H and O–H groups in total. The summed E-state index contributed by atoms with van der Waals surface area (Å²) in [7, 11) is 0. The van der Waals surface area contributed by atoms with Gasteiger partial charge in [-0.3, -0.25) is 0 Å². The van der Waals surface area contributed by atoms with Crippen molar-refractivity contribution in [2.24, 2.45) is 0 Å². The number of hydrogen-bond donors (Lipinski definition) is 2. The Morgan fingerprint density at radius 1 is 1.14 bits per heavy atom. The molecule has 7 heavy (non-hydrogen) atoms. The van der Waals surface area contributed by atoms with E-state index in [1.54, 1.807) is 0 Å². The molecule has 0 aliphatic heterocycles. The zero-order valence-corrected chi connectivity index (χ0v) is 8.11. The van der Waals surface area contributed by atoms with Gasteiger partial charge in [0.25, 0.3) is 0 Å². The predicted molar refractivity (Wildman–Crippen MR) is 26.1 cm³/mol. The van der Waals surface area contributed by atoms with Crippen LogP contribution in [0, 0.1) is 0 Å². The Morgan fingerprint density at radius 2 is 1.14 bits per heavy atom. The molecule has 0 aromatic heterocycles. The Bertz CT molecular complexity index is 35.9. The van der Waals surface area contributed by atoms with Crippen LogP contribution in [-0.2, 0) is 44.8 Å². The van der Waals surface area contributed by atoms with Gasteiger partial charge in [-0.25, -0.2) is 4.79 Å². The van der Waals surface area contributed by atoms with E-state index in [1.807, 2.05) is 0 Å². The summed E-state index contributed by atoms with van der Waals surface area (Å²) in [5, 5.41) is 13.9. The number of halogens is 1. The summed E-state index contributed by atoms with van der Waals surface area (Å²) in [6, 6.07) is 0. The number of hydrogen-bond acceptors (Lipinski definition) is 1. The van der Waals surface area contributed by atoms with E-state index in [0.29, 0.717) is 0 Å². The molecule has 0 saturated heterocycles. The first-order valence-corrected chi connectivity index (χ1v) is 0.651. The van der Waals surface area contributed by atoms with E-state index in [-0.39, 0.29) is 68.7 Å². The van der Waals surface area contributed by atoms with Crippen LogP contribution in [0.25, 0.3) is 0 Å². The molecule has 0 amide bonds. The number of carboxylic acid groups (broad SMARTS) is 2. The Morgan fingerprint density at radius 3 is 1.14 bits per heavy atom. The molecule has 2 radical (unpaired) electrons. The Labute approximate surface area is 88.9 Å². The fourth-order valence-corrected chi connectivity index (χ4v) is 0. The SMILES string of the molecule is I.O=C(O)O.[Ag].[Ag]. The molecule has 0 aliphatic rings. The standard InChI is InChI=1S/CH2O3.2Ag.HI/c2-1(3)4;;;/h(H2,2,3,4);;;1H. The zero-order chi connectivity index (χ0) is 3.58. The van der Waals surface area contributed by atoms with E-state index in [9.17, 15) is 0 Å². The summed E-state index contributed by atoms with van der Waals surface area (Å²) < 4.78 is 0. The monoisotopic (exact) mass is 404 g/mol.